The Morgan fingerprint density at radius 2 is 1.73 bits per heavy atom. The van der Waals surface area contributed by atoms with Gasteiger partial charge < -0.3 is 5.11 Å². The molecule has 0 aromatic carbocycles. The van der Waals surface area contributed by atoms with Crippen LogP contribution < -0.4 is 0 Å². The predicted molar refractivity (Wildman–Crippen MR) is 87.4 cm³/mol. The van der Waals surface area contributed by atoms with Gasteiger partial charge in [0.2, 0.25) is 0 Å². The van der Waals surface area contributed by atoms with Crippen LogP contribution in [0.5, 0.6) is 0 Å². The molecule has 0 aromatic rings. The Morgan fingerprint density at radius 1 is 1.00 bits per heavy atom. The van der Waals surface area contributed by atoms with Gasteiger partial charge in [0.25, 0.3) is 0 Å². The van der Waals surface area contributed by atoms with Crippen LogP contribution in [0.15, 0.2) is 12.2 Å². The lowest BCUT2D eigenvalue weighted by Gasteiger charge is -2.63. The molecule has 0 amide bonds. The smallest absolute Gasteiger partial charge is 0.309 e. The zero-order chi connectivity index (χ0) is 15.8. The van der Waals surface area contributed by atoms with Crippen LogP contribution in [0, 0.1) is 33.5 Å². The SMILES string of the molecule is C[C@]12C=C[C@]3(CC[C@H]4[C@@](C)(CCC[C@@]4(C)C(=O)O)[C@H]3CC1)C2. The quantitative estimate of drug-likeness (QED) is 0.689. The summed E-state index contributed by atoms with van der Waals surface area (Å²) in [5.41, 5.74) is 0.525. The van der Waals surface area contributed by atoms with Crippen molar-refractivity contribution in [2.45, 2.75) is 72.1 Å². The summed E-state index contributed by atoms with van der Waals surface area (Å²) >= 11 is 0. The third-order valence-corrected chi connectivity index (χ3v) is 8.41. The van der Waals surface area contributed by atoms with Crippen molar-refractivity contribution < 1.29 is 9.90 Å². The van der Waals surface area contributed by atoms with E-state index in [2.05, 4.69) is 26.0 Å². The van der Waals surface area contributed by atoms with E-state index in [1.54, 1.807) is 0 Å². The molecule has 6 atom stereocenters. The average Bonchev–Trinajstić information content (AvgIpc) is 2.68. The molecule has 4 aliphatic rings. The molecule has 2 bridgehead atoms. The van der Waals surface area contributed by atoms with Crippen LogP contribution in [-0.4, -0.2) is 11.1 Å². The van der Waals surface area contributed by atoms with Gasteiger partial charge in [0.15, 0.2) is 0 Å². The van der Waals surface area contributed by atoms with Gasteiger partial charge in [0.1, 0.15) is 0 Å². The molecule has 2 heteroatoms. The van der Waals surface area contributed by atoms with Gasteiger partial charge in [-0.25, -0.2) is 0 Å². The number of carboxylic acid groups (broad SMARTS) is 1. The Bertz CT molecular complexity index is 552. The molecule has 2 nitrogen and oxygen atoms in total. The Kier molecular flexibility index (Phi) is 2.81. The minimum absolute atomic E-state index is 0.222. The maximum atomic E-state index is 12.0. The van der Waals surface area contributed by atoms with Gasteiger partial charge in [-0.05, 0) is 80.0 Å². The second-order valence-electron chi connectivity index (χ2n) is 9.66. The van der Waals surface area contributed by atoms with Crippen LogP contribution in [0.1, 0.15) is 72.1 Å². The van der Waals surface area contributed by atoms with Crippen LogP contribution in [0.4, 0.5) is 0 Å². The first-order chi connectivity index (χ1) is 10.2. The number of carboxylic acids is 1. The van der Waals surface area contributed by atoms with Crippen LogP contribution >= 0.6 is 0 Å². The standard InChI is InChI=1S/C20H30O2/c1-17-9-5-15-18(2)7-4-8-19(3,16(21)22)14(18)6-10-20(15,13-17)12-11-17/h11-12,14-15H,4-10,13H2,1-3H3,(H,21,22)/t14-,15+,17+,18+,19+,20+/m0/s1. The fourth-order valence-electron chi connectivity index (χ4n) is 7.39. The Labute approximate surface area is 134 Å². The lowest BCUT2D eigenvalue weighted by molar-refractivity contribution is -0.179. The van der Waals surface area contributed by atoms with E-state index in [0.717, 1.165) is 19.3 Å². The summed E-state index contributed by atoms with van der Waals surface area (Å²) in [4.78, 5) is 12.0. The predicted octanol–water partition coefficient (Wildman–Crippen LogP) is 5.04. The van der Waals surface area contributed by atoms with Crippen molar-refractivity contribution in [1.29, 1.82) is 0 Å². The number of rotatable bonds is 1. The van der Waals surface area contributed by atoms with Gasteiger partial charge in [-0.3, -0.25) is 4.79 Å². The molecule has 4 aliphatic carbocycles. The molecule has 0 saturated heterocycles. The fraction of sp³-hybridized carbons (Fsp3) is 0.850. The molecule has 0 heterocycles. The highest BCUT2D eigenvalue weighted by molar-refractivity contribution is 5.75. The van der Waals surface area contributed by atoms with Gasteiger partial charge in [0, 0.05) is 0 Å². The summed E-state index contributed by atoms with van der Waals surface area (Å²) in [6, 6.07) is 0. The monoisotopic (exact) mass is 302 g/mol. The molecule has 3 fully saturated rings. The molecule has 1 spiro atoms. The van der Waals surface area contributed by atoms with Crippen molar-refractivity contribution in [3.05, 3.63) is 12.2 Å². The average molecular weight is 302 g/mol. The Morgan fingerprint density at radius 3 is 2.45 bits per heavy atom. The number of aliphatic carboxylic acids is 1. The second-order valence-corrected chi connectivity index (χ2v) is 9.66. The summed E-state index contributed by atoms with van der Waals surface area (Å²) in [6.45, 7) is 6.90. The lowest BCUT2D eigenvalue weighted by atomic mass is 9.40. The summed E-state index contributed by atoms with van der Waals surface area (Å²) in [5, 5.41) is 9.90. The van der Waals surface area contributed by atoms with E-state index in [1.807, 2.05) is 6.92 Å². The van der Waals surface area contributed by atoms with E-state index < -0.39 is 11.4 Å². The van der Waals surface area contributed by atoms with E-state index in [4.69, 9.17) is 0 Å². The van der Waals surface area contributed by atoms with Crippen LogP contribution in [-0.2, 0) is 4.79 Å². The molecule has 4 rings (SSSR count). The minimum Gasteiger partial charge on any atom is -0.481 e. The molecule has 1 N–H and O–H groups in total. The largest absolute Gasteiger partial charge is 0.481 e. The molecule has 3 saturated carbocycles. The fourth-order valence-corrected chi connectivity index (χ4v) is 7.39. The van der Waals surface area contributed by atoms with Gasteiger partial charge >= 0.3 is 5.97 Å². The maximum Gasteiger partial charge on any atom is 0.309 e. The van der Waals surface area contributed by atoms with Crippen molar-refractivity contribution in [2.75, 3.05) is 0 Å². The van der Waals surface area contributed by atoms with Gasteiger partial charge in [-0.2, -0.15) is 0 Å². The minimum atomic E-state index is -0.554. The molecule has 0 aromatic heterocycles. The Balaban J connectivity index is 1.75. The number of hydrogen-bond donors (Lipinski definition) is 1. The molecule has 22 heavy (non-hydrogen) atoms. The van der Waals surface area contributed by atoms with E-state index >= 15 is 0 Å². The second kappa shape index (κ2) is 4.19. The van der Waals surface area contributed by atoms with Crippen molar-refractivity contribution in [1.82, 2.24) is 0 Å². The number of allylic oxidation sites excluding steroid dienone is 2. The van der Waals surface area contributed by atoms with Crippen LogP contribution in [0.3, 0.4) is 0 Å². The summed E-state index contributed by atoms with van der Waals surface area (Å²) in [5.74, 6) is 0.506. The summed E-state index contributed by atoms with van der Waals surface area (Å²) in [7, 11) is 0. The molecule has 0 radical (unpaired) electrons. The van der Waals surface area contributed by atoms with Gasteiger partial charge in [0.05, 0.1) is 5.41 Å². The first-order valence-electron chi connectivity index (χ1n) is 9.18. The van der Waals surface area contributed by atoms with E-state index in [-0.39, 0.29) is 5.41 Å². The first kappa shape index (κ1) is 14.8. The Hall–Kier alpha value is -0.790. The molecular formula is C20H30O2. The topological polar surface area (TPSA) is 37.3 Å². The lowest BCUT2D eigenvalue weighted by Crippen LogP contribution is -2.58. The molecule has 122 valence electrons. The third-order valence-electron chi connectivity index (χ3n) is 8.41. The molecule has 0 aliphatic heterocycles. The third kappa shape index (κ3) is 1.65. The van der Waals surface area contributed by atoms with Gasteiger partial charge in [-0.15, -0.1) is 0 Å². The normalized spacial score (nSPS) is 56.3. The van der Waals surface area contributed by atoms with Gasteiger partial charge in [-0.1, -0.05) is 32.4 Å². The molecular weight excluding hydrogens is 272 g/mol. The van der Waals surface area contributed by atoms with E-state index in [1.165, 1.54) is 32.1 Å². The van der Waals surface area contributed by atoms with E-state index in [0.29, 0.717) is 22.7 Å². The highest BCUT2D eigenvalue weighted by atomic mass is 16.4. The van der Waals surface area contributed by atoms with Crippen LogP contribution in [0.2, 0.25) is 0 Å². The maximum absolute atomic E-state index is 12.0. The molecule has 0 unspecified atom stereocenters. The number of carbonyl (C=O) groups is 1. The number of fused-ring (bicyclic) bond motifs is 3. The zero-order valence-corrected chi connectivity index (χ0v) is 14.3. The first-order valence-corrected chi connectivity index (χ1v) is 9.18. The van der Waals surface area contributed by atoms with Crippen LogP contribution in [0.25, 0.3) is 0 Å². The van der Waals surface area contributed by atoms with Crippen molar-refractivity contribution in [3.63, 3.8) is 0 Å². The highest BCUT2D eigenvalue weighted by Crippen LogP contribution is 2.71. The zero-order valence-electron chi connectivity index (χ0n) is 14.3. The summed E-state index contributed by atoms with van der Waals surface area (Å²) in [6.07, 6.45) is 14.5. The van der Waals surface area contributed by atoms with Crippen molar-refractivity contribution in [2.24, 2.45) is 33.5 Å². The number of hydrogen-bond acceptors (Lipinski definition) is 1. The highest BCUT2D eigenvalue weighted by Gasteiger charge is 2.64. The van der Waals surface area contributed by atoms with Crippen molar-refractivity contribution in [3.8, 4) is 0 Å². The summed E-state index contributed by atoms with van der Waals surface area (Å²) < 4.78 is 0. The van der Waals surface area contributed by atoms with Crippen molar-refractivity contribution >= 4 is 5.97 Å². The van der Waals surface area contributed by atoms with E-state index in [9.17, 15) is 9.90 Å².